The molecule has 3 rings (SSSR count). The number of alkyl halides is 2. The summed E-state index contributed by atoms with van der Waals surface area (Å²) in [7, 11) is 0. The van der Waals surface area contributed by atoms with Crippen LogP contribution in [0, 0.1) is 0 Å². The van der Waals surface area contributed by atoms with Gasteiger partial charge in [-0.2, -0.15) is 0 Å². The smallest absolute Gasteiger partial charge is 0.346 e. The van der Waals surface area contributed by atoms with Crippen molar-refractivity contribution in [2.45, 2.75) is 49.9 Å². The Hall–Kier alpha value is -2.06. The number of nitrogen functional groups attached to an aromatic ring is 1. The Morgan fingerprint density at radius 3 is 2.96 bits per heavy atom. The van der Waals surface area contributed by atoms with Crippen molar-refractivity contribution in [3.05, 3.63) is 46.0 Å². The lowest BCUT2D eigenvalue weighted by Crippen LogP contribution is -2.37. The van der Waals surface area contributed by atoms with Gasteiger partial charge in [0.1, 0.15) is 11.9 Å². The molecule has 6 nitrogen and oxygen atoms in total. The molecule has 130 valence electrons. The van der Waals surface area contributed by atoms with Crippen LogP contribution in [-0.4, -0.2) is 33.2 Å². The lowest BCUT2D eigenvalue weighted by molar-refractivity contribution is -0.113. The summed E-state index contributed by atoms with van der Waals surface area (Å²) in [5.41, 5.74) is 5.89. The maximum atomic E-state index is 14.4. The number of ether oxygens (including phenoxy) is 1. The van der Waals surface area contributed by atoms with E-state index in [1.165, 1.54) is 0 Å². The number of anilines is 1. The molecule has 1 aromatic rings. The predicted molar refractivity (Wildman–Crippen MR) is 83.5 cm³/mol. The maximum Gasteiger partial charge on any atom is 0.346 e. The van der Waals surface area contributed by atoms with Crippen LogP contribution in [0.3, 0.4) is 0 Å². The first kappa shape index (κ1) is 16.8. The number of halogens is 2. The van der Waals surface area contributed by atoms with Crippen LogP contribution in [0.2, 0.25) is 0 Å². The molecule has 0 aromatic carbocycles. The highest BCUT2D eigenvalue weighted by Gasteiger charge is 2.59. The summed E-state index contributed by atoms with van der Waals surface area (Å²) < 4.78 is 34.2. The Bertz CT molecular complexity index is 730. The summed E-state index contributed by atoms with van der Waals surface area (Å²) in [5, 5.41) is 9.98. The van der Waals surface area contributed by atoms with Gasteiger partial charge < -0.3 is 15.6 Å². The number of aromatic amines is 1. The van der Waals surface area contributed by atoms with Gasteiger partial charge >= 0.3 is 11.6 Å². The Morgan fingerprint density at radius 2 is 2.29 bits per heavy atom. The van der Waals surface area contributed by atoms with Crippen LogP contribution in [0.5, 0.6) is 0 Å². The first-order valence-corrected chi connectivity index (χ1v) is 7.80. The zero-order valence-electron chi connectivity index (χ0n) is 12.9. The molecule has 0 unspecified atom stereocenters. The van der Waals surface area contributed by atoms with E-state index in [9.17, 15) is 18.7 Å². The number of aliphatic hydroxyl groups is 1. The lowest BCUT2D eigenvalue weighted by atomic mass is 9.95. The van der Waals surface area contributed by atoms with Crippen molar-refractivity contribution >= 4 is 5.82 Å². The SMILES string of the molecule is Nc1[nH]c(=O)ncc1[C@H]1O[C@@H](CCC2=CC=CCC2)[C@@H](O)C1(F)F. The molecule has 1 aliphatic carbocycles. The van der Waals surface area contributed by atoms with Crippen LogP contribution in [-0.2, 0) is 4.74 Å². The standard InChI is InChI=1S/C16H19F2N3O3/c17-16(18)12(22)11(7-6-9-4-2-1-3-5-9)24-13(16)10-8-20-15(23)21-14(10)19/h1-2,4,8,11-13,22H,3,5-7H2,(H3,19,20,21,23)/t11-,12+,13+/m0/s1. The number of rotatable bonds is 4. The second-order valence-corrected chi connectivity index (χ2v) is 6.06. The summed E-state index contributed by atoms with van der Waals surface area (Å²) in [6, 6.07) is 0. The average molecular weight is 339 g/mol. The first-order chi connectivity index (χ1) is 11.4. The molecule has 0 radical (unpaired) electrons. The normalized spacial score (nSPS) is 28.8. The van der Waals surface area contributed by atoms with E-state index in [1.807, 2.05) is 18.2 Å². The third-order valence-corrected chi connectivity index (χ3v) is 4.41. The quantitative estimate of drug-likeness (QED) is 0.777. The number of aliphatic hydroxyl groups excluding tert-OH is 1. The van der Waals surface area contributed by atoms with E-state index in [-0.39, 0.29) is 17.8 Å². The fraction of sp³-hybridized carbons (Fsp3) is 0.500. The minimum absolute atomic E-state index is 0.124. The molecule has 2 aliphatic rings. The molecule has 0 bridgehead atoms. The van der Waals surface area contributed by atoms with E-state index in [1.54, 1.807) is 0 Å². The van der Waals surface area contributed by atoms with Crippen molar-refractivity contribution in [3.63, 3.8) is 0 Å². The molecule has 1 saturated heterocycles. The van der Waals surface area contributed by atoms with Gasteiger partial charge in [-0.25, -0.2) is 18.6 Å². The van der Waals surface area contributed by atoms with E-state index in [0.29, 0.717) is 6.42 Å². The number of nitrogens with one attached hydrogen (secondary N) is 1. The van der Waals surface area contributed by atoms with Crippen molar-refractivity contribution in [2.24, 2.45) is 0 Å². The molecule has 1 aliphatic heterocycles. The summed E-state index contributed by atoms with van der Waals surface area (Å²) in [6.07, 6.45) is 4.90. The Labute approximate surface area is 137 Å². The molecule has 8 heteroatoms. The second kappa shape index (κ2) is 6.45. The molecule has 3 atom stereocenters. The molecule has 24 heavy (non-hydrogen) atoms. The number of nitrogens with zero attached hydrogens (tertiary/aromatic N) is 1. The summed E-state index contributed by atoms with van der Waals surface area (Å²) >= 11 is 0. The number of allylic oxidation sites excluding steroid dienone is 4. The van der Waals surface area contributed by atoms with Crippen LogP contribution in [0.15, 0.2) is 34.8 Å². The Kier molecular flexibility index (Phi) is 4.51. The van der Waals surface area contributed by atoms with Crippen LogP contribution in [0.4, 0.5) is 14.6 Å². The highest BCUT2D eigenvalue weighted by molar-refractivity contribution is 5.40. The second-order valence-electron chi connectivity index (χ2n) is 6.06. The van der Waals surface area contributed by atoms with Crippen LogP contribution < -0.4 is 11.4 Å². The van der Waals surface area contributed by atoms with Crippen LogP contribution >= 0.6 is 0 Å². The van der Waals surface area contributed by atoms with Gasteiger partial charge in [-0.05, 0) is 25.7 Å². The van der Waals surface area contributed by atoms with Gasteiger partial charge in [0.25, 0.3) is 0 Å². The highest BCUT2D eigenvalue weighted by atomic mass is 19.3. The molecule has 0 saturated carbocycles. The van der Waals surface area contributed by atoms with E-state index >= 15 is 0 Å². The van der Waals surface area contributed by atoms with Crippen molar-refractivity contribution in [2.75, 3.05) is 5.73 Å². The molecule has 2 heterocycles. The number of H-pyrrole nitrogens is 1. The molecule has 1 fully saturated rings. The fourth-order valence-corrected chi connectivity index (χ4v) is 3.06. The number of nitrogens with two attached hydrogens (primary N) is 1. The van der Waals surface area contributed by atoms with Gasteiger partial charge in [-0.3, -0.25) is 4.98 Å². The predicted octanol–water partition coefficient (Wildman–Crippen LogP) is 1.84. The Morgan fingerprint density at radius 1 is 1.50 bits per heavy atom. The van der Waals surface area contributed by atoms with Gasteiger partial charge in [-0.1, -0.05) is 23.8 Å². The number of hydrogen-bond donors (Lipinski definition) is 3. The zero-order valence-corrected chi connectivity index (χ0v) is 12.9. The van der Waals surface area contributed by atoms with Gasteiger partial charge in [0.05, 0.1) is 6.10 Å². The number of aromatic nitrogens is 2. The summed E-state index contributed by atoms with van der Waals surface area (Å²) in [4.78, 5) is 16.7. The van der Waals surface area contributed by atoms with Crippen LogP contribution in [0.25, 0.3) is 0 Å². The van der Waals surface area contributed by atoms with Crippen molar-refractivity contribution in [1.82, 2.24) is 9.97 Å². The molecule has 1 aromatic heterocycles. The highest BCUT2D eigenvalue weighted by Crippen LogP contribution is 2.47. The lowest BCUT2D eigenvalue weighted by Gasteiger charge is -2.20. The maximum absolute atomic E-state index is 14.4. The monoisotopic (exact) mass is 339 g/mol. The van der Waals surface area contributed by atoms with Crippen molar-refractivity contribution in [3.8, 4) is 0 Å². The fourth-order valence-electron chi connectivity index (χ4n) is 3.06. The van der Waals surface area contributed by atoms with E-state index in [4.69, 9.17) is 10.5 Å². The van der Waals surface area contributed by atoms with E-state index < -0.39 is 29.9 Å². The minimum Gasteiger partial charge on any atom is -0.385 e. The topological polar surface area (TPSA) is 101 Å². The van der Waals surface area contributed by atoms with E-state index in [2.05, 4.69) is 9.97 Å². The van der Waals surface area contributed by atoms with Crippen molar-refractivity contribution in [1.29, 1.82) is 0 Å². The molecule has 0 amide bonds. The van der Waals surface area contributed by atoms with Crippen molar-refractivity contribution < 1.29 is 18.6 Å². The van der Waals surface area contributed by atoms with Crippen LogP contribution in [0.1, 0.15) is 37.4 Å². The molecular weight excluding hydrogens is 320 g/mol. The third-order valence-electron chi connectivity index (χ3n) is 4.41. The number of hydrogen-bond acceptors (Lipinski definition) is 5. The zero-order chi connectivity index (χ0) is 17.3. The van der Waals surface area contributed by atoms with E-state index in [0.717, 1.165) is 24.6 Å². The Balaban J connectivity index is 1.76. The molecule has 4 N–H and O–H groups in total. The largest absolute Gasteiger partial charge is 0.385 e. The molecular formula is C16H19F2N3O3. The first-order valence-electron chi connectivity index (χ1n) is 7.80. The minimum atomic E-state index is -3.51. The van der Waals surface area contributed by atoms with Gasteiger partial charge in [0.15, 0.2) is 6.10 Å². The summed E-state index contributed by atoms with van der Waals surface area (Å²) in [6.45, 7) is 0. The summed E-state index contributed by atoms with van der Waals surface area (Å²) in [5.74, 6) is -3.74. The van der Waals surface area contributed by atoms with Gasteiger partial charge in [-0.15, -0.1) is 0 Å². The van der Waals surface area contributed by atoms with Gasteiger partial charge in [0.2, 0.25) is 0 Å². The van der Waals surface area contributed by atoms with Gasteiger partial charge in [0, 0.05) is 11.8 Å². The molecule has 0 spiro atoms. The third kappa shape index (κ3) is 3.11. The average Bonchev–Trinajstić information content (AvgIpc) is 2.77.